The zero-order valence-electron chi connectivity index (χ0n) is 19.4. The lowest BCUT2D eigenvalue weighted by molar-refractivity contribution is -0.132. The minimum Gasteiger partial charge on any atom is -0.373 e. The number of halogens is 5. The Bertz CT molecular complexity index is 1320. The number of fused-ring (bicyclic) bond motifs is 1. The van der Waals surface area contributed by atoms with Gasteiger partial charge in [0.25, 0.3) is 11.8 Å². The Kier molecular flexibility index (Phi) is 6.58. The van der Waals surface area contributed by atoms with E-state index in [4.69, 9.17) is 11.6 Å². The summed E-state index contributed by atoms with van der Waals surface area (Å²) in [5.74, 6) is -6.22. The molecule has 1 unspecified atom stereocenters. The van der Waals surface area contributed by atoms with Gasteiger partial charge in [0.1, 0.15) is 23.7 Å². The van der Waals surface area contributed by atoms with E-state index < -0.39 is 60.3 Å². The summed E-state index contributed by atoms with van der Waals surface area (Å²) in [5, 5.41) is 5.79. The van der Waals surface area contributed by atoms with Gasteiger partial charge in [0.05, 0.1) is 5.69 Å². The average molecular weight is 532 g/mol. The highest BCUT2D eigenvalue weighted by atomic mass is 35.5. The van der Waals surface area contributed by atoms with Crippen molar-refractivity contribution in [3.63, 3.8) is 0 Å². The lowest BCUT2D eigenvalue weighted by atomic mass is 9.87. The highest BCUT2D eigenvalue weighted by molar-refractivity contribution is 6.31. The Morgan fingerprint density at radius 1 is 1.00 bits per heavy atom. The minimum atomic E-state index is -2.89. The molecule has 1 heterocycles. The molecule has 0 radical (unpaired) electrons. The second kappa shape index (κ2) is 9.70. The van der Waals surface area contributed by atoms with Crippen molar-refractivity contribution in [2.45, 2.75) is 43.3 Å². The van der Waals surface area contributed by atoms with Crippen LogP contribution in [0.3, 0.4) is 0 Å². The SMILES string of the molecule is O=C(NC1CC(F)(F)C1)[C@H](c1ccccc1Cl)N(C(=O)C1Cc2ccccc2N1)c1cc(F)cc(F)c1. The van der Waals surface area contributed by atoms with Crippen LogP contribution >= 0.6 is 11.6 Å². The predicted octanol–water partition coefficient (Wildman–Crippen LogP) is 5.64. The molecule has 0 aromatic heterocycles. The molecule has 0 spiro atoms. The molecule has 1 fully saturated rings. The second-order valence-corrected chi connectivity index (χ2v) is 9.70. The lowest BCUT2D eigenvalue weighted by Gasteiger charge is -2.38. The maximum Gasteiger partial charge on any atom is 0.252 e. The monoisotopic (exact) mass is 531 g/mol. The molecule has 5 nitrogen and oxygen atoms in total. The molecule has 2 atom stereocenters. The molecule has 2 amide bonds. The van der Waals surface area contributed by atoms with E-state index in [0.717, 1.165) is 28.3 Å². The maximum absolute atomic E-state index is 14.3. The van der Waals surface area contributed by atoms with Gasteiger partial charge in [0, 0.05) is 47.6 Å². The number of para-hydroxylation sites is 1. The van der Waals surface area contributed by atoms with E-state index in [-0.39, 0.29) is 22.7 Å². The number of hydrogen-bond donors (Lipinski definition) is 2. The molecular weight excluding hydrogens is 510 g/mol. The number of carbonyl (C=O) groups excluding carboxylic acids is 2. The standard InChI is InChI=1S/C27H22ClF4N3O2/c28-21-7-3-2-6-20(21)24(25(36)33-18-13-27(31,32)14-18)35(19-11-16(29)10-17(30)12-19)26(37)23-9-15-5-1-4-8-22(15)34-23/h1-8,10-12,18,23-24,34H,9,13-14H2,(H,33,36)/t23?,24-/m0/s1. The van der Waals surface area contributed by atoms with Gasteiger partial charge >= 0.3 is 0 Å². The molecule has 2 N–H and O–H groups in total. The highest BCUT2D eigenvalue weighted by Gasteiger charge is 2.47. The van der Waals surface area contributed by atoms with E-state index in [1.165, 1.54) is 12.1 Å². The van der Waals surface area contributed by atoms with E-state index in [2.05, 4.69) is 10.6 Å². The van der Waals surface area contributed by atoms with Crippen LogP contribution in [0.15, 0.2) is 66.7 Å². The number of nitrogens with one attached hydrogen (secondary N) is 2. The van der Waals surface area contributed by atoms with Gasteiger partial charge in [-0.1, -0.05) is 48.0 Å². The van der Waals surface area contributed by atoms with Crippen molar-refractivity contribution in [1.82, 2.24) is 5.32 Å². The summed E-state index contributed by atoms with van der Waals surface area (Å²) in [7, 11) is 0. The summed E-state index contributed by atoms with van der Waals surface area (Å²) in [6.45, 7) is 0. The molecular formula is C27H22ClF4N3O2. The molecule has 1 aliphatic carbocycles. The number of hydrogen-bond acceptors (Lipinski definition) is 3. The molecule has 0 saturated heterocycles. The van der Waals surface area contributed by atoms with Crippen LogP contribution in [0.1, 0.15) is 30.0 Å². The quantitative estimate of drug-likeness (QED) is 0.405. The van der Waals surface area contributed by atoms with Gasteiger partial charge in [-0.05, 0) is 29.8 Å². The van der Waals surface area contributed by atoms with Gasteiger partial charge < -0.3 is 10.6 Å². The van der Waals surface area contributed by atoms with Crippen molar-refractivity contribution < 1.29 is 27.2 Å². The first kappa shape index (κ1) is 25.1. The number of carbonyl (C=O) groups is 2. The number of alkyl halides is 2. The number of nitrogens with zero attached hydrogens (tertiary/aromatic N) is 1. The van der Waals surface area contributed by atoms with Gasteiger partial charge in [0.15, 0.2) is 0 Å². The normalized spacial score (nSPS) is 18.8. The van der Waals surface area contributed by atoms with E-state index in [9.17, 15) is 27.2 Å². The number of benzene rings is 3. The molecule has 1 aliphatic heterocycles. The second-order valence-electron chi connectivity index (χ2n) is 9.29. The molecule has 0 bridgehead atoms. The Balaban J connectivity index is 1.58. The lowest BCUT2D eigenvalue weighted by Crippen LogP contribution is -2.55. The van der Waals surface area contributed by atoms with Gasteiger partial charge in [-0.15, -0.1) is 0 Å². The van der Waals surface area contributed by atoms with E-state index >= 15 is 0 Å². The maximum atomic E-state index is 14.3. The Labute approximate surface area is 215 Å². The zero-order chi connectivity index (χ0) is 26.3. The van der Waals surface area contributed by atoms with Crippen LogP contribution in [-0.4, -0.2) is 29.8 Å². The van der Waals surface area contributed by atoms with Gasteiger partial charge in [-0.2, -0.15) is 0 Å². The third-order valence-electron chi connectivity index (χ3n) is 6.57. The number of rotatable bonds is 6. The smallest absolute Gasteiger partial charge is 0.252 e. The molecule has 3 aromatic carbocycles. The van der Waals surface area contributed by atoms with Gasteiger partial charge in [-0.3, -0.25) is 14.5 Å². The first-order valence-corrected chi connectivity index (χ1v) is 12.1. The largest absolute Gasteiger partial charge is 0.373 e. The first-order chi connectivity index (χ1) is 17.6. The zero-order valence-corrected chi connectivity index (χ0v) is 20.1. The van der Waals surface area contributed by atoms with Crippen LogP contribution in [0.25, 0.3) is 0 Å². The minimum absolute atomic E-state index is 0.124. The Morgan fingerprint density at radius 3 is 2.30 bits per heavy atom. The average Bonchev–Trinajstić information content (AvgIpc) is 3.25. The van der Waals surface area contributed by atoms with Crippen molar-refractivity contribution in [3.8, 4) is 0 Å². The van der Waals surface area contributed by atoms with Crippen molar-refractivity contribution in [3.05, 3.63) is 94.5 Å². The van der Waals surface area contributed by atoms with Gasteiger partial charge in [0.2, 0.25) is 5.91 Å². The molecule has 2 aliphatic rings. The van der Waals surface area contributed by atoms with Gasteiger partial charge in [-0.25, -0.2) is 17.6 Å². The summed E-state index contributed by atoms with van der Waals surface area (Å²) in [6.07, 6.45) is -0.818. The van der Waals surface area contributed by atoms with Crippen molar-refractivity contribution in [2.24, 2.45) is 0 Å². The topological polar surface area (TPSA) is 61.4 Å². The fourth-order valence-corrected chi connectivity index (χ4v) is 5.07. The molecule has 3 aromatic rings. The fourth-order valence-electron chi connectivity index (χ4n) is 4.83. The van der Waals surface area contributed by atoms with Crippen molar-refractivity contribution in [1.29, 1.82) is 0 Å². The van der Waals surface area contributed by atoms with Crippen LogP contribution in [0.2, 0.25) is 5.02 Å². The Hall–Kier alpha value is -3.59. The summed E-state index contributed by atoms with van der Waals surface area (Å²) in [6, 6.07) is 12.9. The highest BCUT2D eigenvalue weighted by Crippen LogP contribution is 2.39. The van der Waals surface area contributed by atoms with Crippen molar-refractivity contribution >= 4 is 34.8 Å². The van der Waals surface area contributed by atoms with E-state index in [1.807, 2.05) is 12.1 Å². The predicted molar refractivity (Wildman–Crippen MR) is 132 cm³/mol. The summed E-state index contributed by atoms with van der Waals surface area (Å²) >= 11 is 6.42. The third-order valence-corrected chi connectivity index (χ3v) is 6.92. The number of anilines is 2. The summed E-state index contributed by atoms with van der Waals surface area (Å²) in [5.41, 5.74) is 1.56. The fraction of sp³-hybridized carbons (Fsp3) is 0.259. The molecule has 10 heteroatoms. The van der Waals surface area contributed by atoms with E-state index in [0.29, 0.717) is 6.07 Å². The van der Waals surface area contributed by atoms with E-state index in [1.54, 1.807) is 24.3 Å². The van der Waals surface area contributed by atoms with Crippen LogP contribution in [-0.2, 0) is 16.0 Å². The summed E-state index contributed by atoms with van der Waals surface area (Å²) in [4.78, 5) is 28.6. The summed E-state index contributed by atoms with van der Waals surface area (Å²) < 4.78 is 55.6. The Morgan fingerprint density at radius 2 is 1.65 bits per heavy atom. The van der Waals surface area contributed by atoms with Crippen LogP contribution < -0.4 is 15.5 Å². The van der Waals surface area contributed by atoms with Crippen LogP contribution in [0.5, 0.6) is 0 Å². The number of amides is 2. The molecule has 1 saturated carbocycles. The van der Waals surface area contributed by atoms with Crippen LogP contribution in [0.4, 0.5) is 28.9 Å². The molecule has 5 rings (SSSR count). The first-order valence-electron chi connectivity index (χ1n) is 11.7. The van der Waals surface area contributed by atoms with Crippen LogP contribution in [0, 0.1) is 11.6 Å². The molecule has 37 heavy (non-hydrogen) atoms. The third kappa shape index (κ3) is 5.13. The molecule has 192 valence electrons. The van der Waals surface area contributed by atoms with Crippen molar-refractivity contribution in [2.75, 3.05) is 10.2 Å².